The van der Waals surface area contributed by atoms with Gasteiger partial charge in [0.1, 0.15) is 0 Å². The van der Waals surface area contributed by atoms with Gasteiger partial charge >= 0.3 is 0 Å². The highest BCUT2D eigenvalue weighted by Crippen LogP contribution is 2.28. The topological polar surface area (TPSA) is 59.1 Å². The number of hydrogen-bond acceptors (Lipinski definition) is 4. The van der Waals surface area contributed by atoms with Crippen molar-refractivity contribution in [2.75, 3.05) is 40.4 Å². The van der Waals surface area contributed by atoms with E-state index in [-0.39, 0.29) is 11.8 Å². The van der Waals surface area contributed by atoms with Gasteiger partial charge < -0.3 is 19.3 Å². The third-order valence-corrected chi connectivity index (χ3v) is 4.07. The lowest BCUT2D eigenvalue weighted by molar-refractivity contribution is -0.130. The average Bonchev–Trinajstić information content (AvgIpc) is 2.59. The van der Waals surface area contributed by atoms with E-state index in [4.69, 9.17) is 32.7 Å². The van der Waals surface area contributed by atoms with E-state index in [2.05, 4.69) is 0 Å². The Hall–Kier alpha value is -1.66. The first-order valence-corrected chi connectivity index (χ1v) is 7.93. The van der Waals surface area contributed by atoms with E-state index in [9.17, 15) is 9.59 Å². The molecular formula is C15H18Cl2N2O4. The SMILES string of the molecule is COc1ccc(C(=O)N2CCN(C(=O)C(Cl)Cl)CC2)cc1OC. The van der Waals surface area contributed by atoms with Gasteiger partial charge in [-0.1, -0.05) is 23.2 Å². The Labute approximate surface area is 144 Å². The Morgan fingerprint density at radius 3 is 2.09 bits per heavy atom. The van der Waals surface area contributed by atoms with E-state index in [0.717, 1.165) is 0 Å². The number of methoxy groups -OCH3 is 2. The molecule has 6 nitrogen and oxygen atoms in total. The lowest BCUT2D eigenvalue weighted by atomic mass is 10.1. The van der Waals surface area contributed by atoms with E-state index in [0.29, 0.717) is 43.2 Å². The van der Waals surface area contributed by atoms with Crippen molar-refractivity contribution in [3.8, 4) is 11.5 Å². The van der Waals surface area contributed by atoms with Crippen LogP contribution >= 0.6 is 23.2 Å². The van der Waals surface area contributed by atoms with Crippen LogP contribution in [0.25, 0.3) is 0 Å². The zero-order chi connectivity index (χ0) is 17.0. The summed E-state index contributed by atoms with van der Waals surface area (Å²) in [5, 5.41) is 0. The molecule has 0 aromatic heterocycles. The second-order valence-electron chi connectivity index (χ2n) is 4.99. The maximum atomic E-state index is 12.6. The van der Waals surface area contributed by atoms with Gasteiger partial charge in [-0.2, -0.15) is 0 Å². The highest BCUT2D eigenvalue weighted by Gasteiger charge is 2.27. The van der Waals surface area contributed by atoms with Gasteiger partial charge in [-0.05, 0) is 18.2 Å². The molecule has 0 atom stereocenters. The Kier molecular flexibility index (Phi) is 5.96. The molecule has 1 aromatic carbocycles. The zero-order valence-electron chi connectivity index (χ0n) is 12.9. The van der Waals surface area contributed by atoms with Crippen LogP contribution in [-0.4, -0.2) is 66.8 Å². The molecule has 0 saturated carbocycles. The predicted molar refractivity (Wildman–Crippen MR) is 87.5 cm³/mol. The highest BCUT2D eigenvalue weighted by atomic mass is 35.5. The van der Waals surface area contributed by atoms with Crippen LogP contribution < -0.4 is 9.47 Å². The van der Waals surface area contributed by atoms with Gasteiger partial charge in [0.2, 0.25) is 0 Å². The van der Waals surface area contributed by atoms with Gasteiger partial charge in [-0.3, -0.25) is 9.59 Å². The summed E-state index contributed by atoms with van der Waals surface area (Å²) >= 11 is 11.2. The molecule has 0 spiro atoms. The van der Waals surface area contributed by atoms with Crippen molar-refractivity contribution in [2.45, 2.75) is 4.84 Å². The van der Waals surface area contributed by atoms with Crippen molar-refractivity contribution >= 4 is 35.0 Å². The van der Waals surface area contributed by atoms with Crippen molar-refractivity contribution < 1.29 is 19.1 Å². The molecule has 1 heterocycles. The van der Waals surface area contributed by atoms with Crippen LogP contribution in [0, 0.1) is 0 Å². The number of alkyl halides is 2. The molecule has 1 saturated heterocycles. The number of carbonyl (C=O) groups is 2. The van der Waals surface area contributed by atoms with Crippen molar-refractivity contribution in [1.82, 2.24) is 9.80 Å². The van der Waals surface area contributed by atoms with E-state index in [1.54, 1.807) is 28.0 Å². The molecule has 0 bridgehead atoms. The van der Waals surface area contributed by atoms with Crippen molar-refractivity contribution in [1.29, 1.82) is 0 Å². The number of rotatable bonds is 4. The second-order valence-corrected chi connectivity index (χ2v) is 6.08. The van der Waals surface area contributed by atoms with Crippen LogP contribution in [0.15, 0.2) is 18.2 Å². The fraction of sp³-hybridized carbons (Fsp3) is 0.467. The third kappa shape index (κ3) is 4.00. The van der Waals surface area contributed by atoms with Crippen LogP contribution in [0.3, 0.4) is 0 Å². The van der Waals surface area contributed by atoms with Crippen LogP contribution in [0.2, 0.25) is 0 Å². The number of hydrogen-bond donors (Lipinski definition) is 0. The van der Waals surface area contributed by atoms with E-state index in [1.807, 2.05) is 0 Å². The van der Waals surface area contributed by atoms with Gasteiger partial charge in [0, 0.05) is 31.7 Å². The minimum atomic E-state index is -1.07. The molecule has 2 rings (SSSR count). The first-order chi connectivity index (χ1) is 11.0. The Morgan fingerprint density at radius 1 is 1.00 bits per heavy atom. The van der Waals surface area contributed by atoms with Crippen LogP contribution in [-0.2, 0) is 4.79 Å². The molecule has 1 aliphatic rings. The monoisotopic (exact) mass is 360 g/mol. The summed E-state index contributed by atoms with van der Waals surface area (Å²) in [6.45, 7) is 1.68. The van der Waals surface area contributed by atoms with Crippen molar-refractivity contribution in [3.05, 3.63) is 23.8 Å². The van der Waals surface area contributed by atoms with Crippen LogP contribution in [0.5, 0.6) is 11.5 Å². The summed E-state index contributed by atoms with van der Waals surface area (Å²) in [6.07, 6.45) is 0. The Morgan fingerprint density at radius 2 is 1.57 bits per heavy atom. The molecule has 1 aromatic rings. The van der Waals surface area contributed by atoms with Gasteiger partial charge in [-0.25, -0.2) is 0 Å². The first kappa shape index (κ1) is 17.7. The summed E-state index contributed by atoms with van der Waals surface area (Å²) < 4.78 is 10.4. The zero-order valence-corrected chi connectivity index (χ0v) is 14.4. The fourth-order valence-corrected chi connectivity index (χ4v) is 2.70. The molecule has 126 valence electrons. The van der Waals surface area contributed by atoms with Gasteiger partial charge in [0.05, 0.1) is 14.2 Å². The number of benzene rings is 1. The van der Waals surface area contributed by atoms with Crippen LogP contribution in [0.4, 0.5) is 0 Å². The molecule has 23 heavy (non-hydrogen) atoms. The maximum absolute atomic E-state index is 12.6. The Balaban J connectivity index is 2.04. The summed E-state index contributed by atoms with van der Waals surface area (Å²) in [4.78, 5) is 26.5. The Bertz CT molecular complexity index is 587. The van der Waals surface area contributed by atoms with Crippen LogP contribution in [0.1, 0.15) is 10.4 Å². The van der Waals surface area contributed by atoms with Gasteiger partial charge in [-0.15, -0.1) is 0 Å². The van der Waals surface area contributed by atoms with Crippen molar-refractivity contribution in [3.63, 3.8) is 0 Å². The number of amides is 2. The summed E-state index contributed by atoms with van der Waals surface area (Å²) in [5.41, 5.74) is 0.509. The number of carbonyl (C=O) groups excluding carboxylic acids is 2. The summed E-state index contributed by atoms with van der Waals surface area (Å²) in [5.74, 6) is 0.618. The quantitative estimate of drug-likeness (QED) is 0.768. The van der Waals surface area contributed by atoms with E-state index < -0.39 is 4.84 Å². The molecule has 1 fully saturated rings. The lowest BCUT2D eigenvalue weighted by Gasteiger charge is -2.35. The third-order valence-electron chi connectivity index (χ3n) is 3.70. The number of ether oxygens (including phenoxy) is 2. The van der Waals surface area contributed by atoms with Gasteiger partial charge in [0.25, 0.3) is 11.8 Å². The molecule has 1 aliphatic heterocycles. The normalized spacial score (nSPS) is 14.8. The number of halogens is 2. The minimum absolute atomic E-state index is 0.119. The molecule has 8 heteroatoms. The lowest BCUT2D eigenvalue weighted by Crippen LogP contribution is -2.51. The largest absolute Gasteiger partial charge is 0.493 e. The minimum Gasteiger partial charge on any atom is -0.493 e. The first-order valence-electron chi connectivity index (χ1n) is 7.06. The molecule has 0 N–H and O–H groups in total. The average molecular weight is 361 g/mol. The van der Waals surface area contributed by atoms with Crippen molar-refractivity contribution in [2.24, 2.45) is 0 Å². The van der Waals surface area contributed by atoms with Gasteiger partial charge in [0.15, 0.2) is 16.3 Å². The molecule has 0 unspecified atom stereocenters. The molecule has 2 amide bonds. The number of nitrogens with zero attached hydrogens (tertiary/aromatic N) is 2. The molecule has 0 aliphatic carbocycles. The predicted octanol–water partition coefficient (Wildman–Crippen LogP) is 1.79. The standard InChI is InChI=1S/C15H18Cl2N2O4/c1-22-11-4-3-10(9-12(11)23-2)14(20)18-5-7-19(8-6-18)15(21)13(16)17/h3-4,9,13H,5-8H2,1-2H3. The molecule has 0 radical (unpaired) electrons. The maximum Gasteiger partial charge on any atom is 0.255 e. The second kappa shape index (κ2) is 7.75. The summed E-state index contributed by atoms with van der Waals surface area (Å²) in [6, 6.07) is 5.03. The number of piperazine rings is 1. The molecular weight excluding hydrogens is 343 g/mol. The highest BCUT2D eigenvalue weighted by molar-refractivity contribution is 6.53. The van der Waals surface area contributed by atoms with E-state index in [1.165, 1.54) is 14.2 Å². The fourth-order valence-electron chi connectivity index (χ4n) is 2.42. The summed E-state index contributed by atoms with van der Waals surface area (Å²) in [7, 11) is 3.06. The van der Waals surface area contributed by atoms with E-state index >= 15 is 0 Å². The smallest absolute Gasteiger partial charge is 0.255 e.